The van der Waals surface area contributed by atoms with E-state index in [2.05, 4.69) is 0 Å². The van der Waals surface area contributed by atoms with Crippen LogP contribution in [0.5, 0.6) is 0 Å². The lowest BCUT2D eigenvalue weighted by Gasteiger charge is -2.39. The minimum Gasteiger partial charge on any atom is -0.481 e. The van der Waals surface area contributed by atoms with E-state index >= 15 is 0 Å². The maximum atomic E-state index is 12.2. The van der Waals surface area contributed by atoms with Crippen LogP contribution in [0.25, 0.3) is 0 Å². The van der Waals surface area contributed by atoms with Gasteiger partial charge in [0.2, 0.25) is 10.0 Å². The first-order chi connectivity index (χ1) is 9.38. The molecule has 0 amide bonds. The molecule has 7 heteroatoms. The average Bonchev–Trinajstić information content (AvgIpc) is 2.39. The van der Waals surface area contributed by atoms with Crippen molar-refractivity contribution in [2.24, 2.45) is 5.41 Å². The molecule has 1 aliphatic rings. The van der Waals surface area contributed by atoms with Crippen LogP contribution < -0.4 is 0 Å². The van der Waals surface area contributed by atoms with Crippen molar-refractivity contribution >= 4 is 16.0 Å². The Balaban J connectivity index is 2.79. The number of aliphatic carboxylic acids is 1. The van der Waals surface area contributed by atoms with Crippen molar-refractivity contribution in [3.63, 3.8) is 0 Å². The third kappa shape index (κ3) is 4.17. The van der Waals surface area contributed by atoms with Crippen molar-refractivity contribution in [2.45, 2.75) is 39.5 Å². The summed E-state index contributed by atoms with van der Waals surface area (Å²) in [5.41, 5.74) is -0.925. The molecule has 20 heavy (non-hydrogen) atoms. The minimum absolute atomic E-state index is 0.0807. The number of nitrogens with zero attached hydrogens (tertiary/aromatic N) is 1. The second kappa shape index (κ2) is 7.38. The predicted molar refractivity (Wildman–Crippen MR) is 76.1 cm³/mol. The molecule has 1 N–H and O–H groups in total. The number of carboxylic acid groups (broad SMARTS) is 1. The summed E-state index contributed by atoms with van der Waals surface area (Å²) in [6, 6.07) is 0. The second-order valence-electron chi connectivity index (χ2n) is 5.29. The fraction of sp³-hybridized carbons (Fsp3) is 0.923. The fourth-order valence-corrected chi connectivity index (χ4v) is 4.17. The summed E-state index contributed by atoms with van der Waals surface area (Å²) in [6.45, 7) is 4.86. The summed E-state index contributed by atoms with van der Waals surface area (Å²) >= 11 is 0. The molecule has 0 spiro atoms. The largest absolute Gasteiger partial charge is 0.481 e. The Bertz CT molecular complexity index is 418. The lowest BCUT2D eigenvalue weighted by molar-refractivity contribution is -0.151. The molecular weight excluding hydrogens is 282 g/mol. The first-order valence-electron chi connectivity index (χ1n) is 7.17. The van der Waals surface area contributed by atoms with Crippen LogP contribution in [0.3, 0.4) is 0 Å². The molecule has 1 saturated heterocycles. The van der Waals surface area contributed by atoms with Gasteiger partial charge in [0.1, 0.15) is 0 Å². The van der Waals surface area contributed by atoms with Gasteiger partial charge in [0.15, 0.2) is 0 Å². The van der Waals surface area contributed by atoms with Gasteiger partial charge >= 0.3 is 5.97 Å². The van der Waals surface area contributed by atoms with Gasteiger partial charge < -0.3 is 9.84 Å². The van der Waals surface area contributed by atoms with E-state index in [0.29, 0.717) is 32.4 Å². The molecule has 1 atom stereocenters. The fourth-order valence-electron chi connectivity index (χ4n) is 2.73. The molecule has 1 rings (SSSR count). The third-order valence-electron chi connectivity index (χ3n) is 3.81. The smallest absolute Gasteiger partial charge is 0.310 e. The molecule has 0 bridgehead atoms. The Kier molecular flexibility index (Phi) is 6.42. The third-order valence-corrected chi connectivity index (χ3v) is 5.59. The van der Waals surface area contributed by atoms with Crippen molar-refractivity contribution in [3.8, 4) is 0 Å². The molecule has 1 fully saturated rings. The maximum absolute atomic E-state index is 12.2. The van der Waals surface area contributed by atoms with Gasteiger partial charge in [0.05, 0.1) is 17.8 Å². The Labute approximate surface area is 121 Å². The maximum Gasteiger partial charge on any atom is 0.310 e. The molecule has 0 aliphatic carbocycles. The van der Waals surface area contributed by atoms with E-state index in [1.807, 2.05) is 13.8 Å². The highest BCUT2D eigenvalue weighted by molar-refractivity contribution is 7.89. The standard InChI is InChI=1S/C13H25NO5S/c1-3-6-13(12(15)16)7-5-8-14(11-13)20(17,18)10-9-19-4-2/h3-11H2,1-2H3,(H,15,16). The quantitative estimate of drug-likeness (QED) is 0.684. The predicted octanol–water partition coefficient (Wildman–Crippen LogP) is 1.32. The summed E-state index contributed by atoms with van der Waals surface area (Å²) in [7, 11) is -3.43. The molecule has 1 heterocycles. The van der Waals surface area contributed by atoms with Crippen LogP contribution in [0.2, 0.25) is 0 Å². The number of hydrogen-bond acceptors (Lipinski definition) is 4. The number of carbonyl (C=O) groups is 1. The van der Waals surface area contributed by atoms with Gasteiger partial charge in [-0.15, -0.1) is 0 Å². The Morgan fingerprint density at radius 3 is 2.65 bits per heavy atom. The van der Waals surface area contributed by atoms with Crippen molar-refractivity contribution in [1.82, 2.24) is 4.31 Å². The summed E-state index contributed by atoms with van der Waals surface area (Å²) in [5, 5.41) is 9.47. The Morgan fingerprint density at radius 1 is 1.40 bits per heavy atom. The topological polar surface area (TPSA) is 83.9 Å². The molecular formula is C13H25NO5S. The van der Waals surface area contributed by atoms with Crippen LogP contribution in [0.4, 0.5) is 0 Å². The van der Waals surface area contributed by atoms with Crippen molar-refractivity contribution in [1.29, 1.82) is 0 Å². The van der Waals surface area contributed by atoms with E-state index in [1.54, 1.807) is 0 Å². The van der Waals surface area contributed by atoms with Crippen molar-refractivity contribution < 1.29 is 23.1 Å². The number of sulfonamides is 1. The van der Waals surface area contributed by atoms with E-state index in [9.17, 15) is 18.3 Å². The van der Waals surface area contributed by atoms with Crippen LogP contribution in [0.15, 0.2) is 0 Å². The summed E-state index contributed by atoms with van der Waals surface area (Å²) < 4.78 is 30.9. The van der Waals surface area contributed by atoms with Crippen molar-refractivity contribution in [3.05, 3.63) is 0 Å². The molecule has 0 aromatic carbocycles. The molecule has 1 unspecified atom stereocenters. The van der Waals surface area contributed by atoms with Gasteiger partial charge in [-0.05, 0) is 26.2 Å². The number of hydrogen-bond donors (Lipinski definition) is 1. The average molecular weight is 307 g/mol. The zero-order valence-corrected chi connectivity index (χ0v) is 13.1. The Hall–Kier alpha value is -0.660. The number of ether oxygens (including phenoxy) is 1. The number of piperidine rings is 1. The van der Waals surface area contributed by atoms with Crippen LogP contribution in [0.1, 0.15) is 39.5 Å². The first kappa shape index (κ1) is 17.4. The summed E-state index contributed by atoms with van der Waals surface area (Å²) in [4.78, 5) is 11.6. The highest BCUT2D eigenvalue weighted by atomic mass is 32.2. The van der Waals surface area contributed by atoms with E-state index < -0.39 is 21.4 Å². The van der Waals surface area contributed by atoms with Gasteiger partial charge in [0.25, 0.3) is 0 Å². The zero-order chi connectivity index (χ0) is 15.2. The Morgan fingerprint density at radius 2 is 2.10 bits per heavy atom. The van der Waals surface area contributed by atoms with Crippen LogP contribution >= 0.6 is 0 Å². The molecule has 0 aromatic rings. The van der Waals surface area contributed by atoms with E-state index in [0.717, 1.165) is 6.42 Å². The van der Waals surface area contributed by atoms with Gasteiger partial charge in [0, 0.05) is 19.7 Å². The lowest BCUT2D eigenvalue weighted by atomic mass is 9.77. The van der Waals surface area contributed by atoms with Crippen molar-refractivity contribution in [2.75, 3.05) is 32.1 Å². The van der Waals surface area contributed by atoms with E-state index in [-0.39, 0.29) is 18.9 Å². The SMILES string of the molecule is CCCC1(C(=O)O)CCCN(S(=O)(=O)CCOCC)C1. The van der Waals surface area contributed by atoms with Crippen LogP contribution in [-0.4, -0.2) is 55.9 Å². The number of carboxylic acids is 1. The van der Waals surface area contributed by atoms with Crippen LogP contribution in [-0.2, 0) is 19.6 Å². The van der Waals surface area contributed by atoms with Gasteiger partial charge in [-0.25, -0.2) is 12.7 Å². The van der Waals surface area contributed by atoms with Gasteiger partial charge in [-0.1, -0.05) is 13.3 Å². The van der Waals surface area contributed by atoms with E-state index in [1.165, 1.54) is 4.31 Å². The zero-order valence-electron chi connectivity index (χ0n) is 12.3. The van der Waals surface area contributed by atoms with Crippen LogP contribution in [0, 0.1) is 5.41 Å². The molecule has 118 valence electrons. The number of rotatable bonds is 8. The summed E-state index contributed by atoms with van der Waals surface area (Å²) in [6.07, 6.45) is 2.40. The van der Waals surface area contributed by atoms with E-state index in [4.69, 9.17) is 4.74 Å². The molecule has 0 radical (unpaired) electrons. The lowest BCUT2D eigenvalue weighted by Crippen LogP contribution is -2.50. The first-order valence-corrected chi connectivity index (χ1v) is 8.78. The second-order valence-corrected chi connectivity index (χ2v) is 7.37. The van der Waals surface area contributed by atoms with Gasteiger partial charge in [-0.3, -0.25) is 4.79 Å². The monoisotopic (exact) mass is 307 g/mol. The summed E-state index contributed by atoms with van der Waals surface area (Å²) in [5.74, 6) is -0.966. The molecule has 6 nitrogen and oxygen atoms in total. The normalized spacial score (nSPS) is 24.7. The molecule has 0 saturated carbocycles. The minimum atomic E-state index is -3.43. The van der Waals surface area contributed by atoms with Gasteiger partial charge in [-0.2, -0.15) is 0 Å². The highest BCUT2D eigenvalue weighted by Gasteiger charge is 2.44. The molecule has 1 aliphatic heterocycles. The highest BCUT2D eigenvalue weighted by Crippen LogP contribution is 2.36. The molecule has 0 aromatic heterocycles.